The van der Waals surface area contributed by atoms with Crippen LogP contribution in [-0.2, 0) is 0 Å². The van der Waals surface area contributed by atoms with Crippen LogP contribution in [0.3, 0.4) is 0 Å². The van der Waals surface area contributed by atoms with Crippen LogP contribution in [0, 0.1) is 0 Å². The van der Waals surface area contributed by atoms with Gasteiger partial charge in [0.2, 0.25) is 0 Å². The van der Waals surface area contributed by atoms with E-state index in [2.05, 4.69) is 20.8 Å². The number of alkyl halides is 2. The van der Waals surface area contributed by atoms with Gasteiger partial charge in [0.15, 0.2) is 0 Å². The van der Waals surface area contributed by atoms with Crippen LogP contribution in [-0.4, -0.2) is 10.8 Å². The first-order valence-corrected chi connectivity index (χ1v) is 5.73. The van der Waals surface area contributed by atoms with Gasteiger partial charge in [-0.15, -0.1) is 23.2 Å². The summed E-state index contributed by atoms with van der Waals surface area (Å²) in [7, 11) is 0. The molecule has 0 radical (unpaired) electrons. The van der Waals surface area contributed by atoms with Crippen molar-refractivity contribution in [1.29, 1.82) is 0 Å². The van der Waals surface area contributed by atoms with Gasteiger partial charge in [0.1, 0.15) is 0 Å². The Bertz CT molecular complexity index is 68.2. The van der Waals surface area contributed by atoms with Gasteiger partial charge in [-0.05, 0) is 26.2 Å². The molecule has 0 rings (SSSR count). The summed E-state index contributed by atoms with van der Waals surface area (Å²) in [5.74, 6) is 0. The molecule has 1 atom stereocenters. The lowest BCUT2D eigenvalue weighted by atomic mass is 10.3. The topological polar surface area (TPSA) is 0 Å². The molecule has 0 saturated carbocycles. The van der Waals surface area contributed by atoms with E-state index in [1.807, 2.05) is 6.92 Å². The van der Waals surface area contributed by atoms with Crippen LogP contribution < -0.4 is 0 Å². The van der Waals surface area contributed by atoms with Gasteiger partial charge in [-0.1, -0.05) is 27.2 Å². The average molecular weight is 213 g/mol. The molecule has 0 aliphatic carbocycles. The van der Waals surface area contributed by atoms with E-state index < -0.39 is 0 Å². The Hall–Kier alpha value is 0.580. The molecule has 0 heterocycles. The fourth-order valence-electron chi connectivity index (χ4n) is 0.686. The molecule has 0 saturated heterocycles. The highest BCUT2D eigenvalue weighted by atomic mass is 35.5. The molecule has 0 spiro atoms. The van der Waals surface area contributed by atoms with Gasteiger partial charge in [-0.2, -0.15) is 0 Å². The third-order valence-electron chi connectivity index (χ3n) is 1.57. The van der Waals surface area contributed by atoms with Gasteiger partial charge in [-0.3, -0.25) is 0 Å². The number of hydrogen-bond donors (Lipinski definition) is 0. The summed E-state index contributed by atoms with van der Waals surface area (Å²) in [4.78, 5) is 0. The normalized spacial score (nSPS) is 12.2. The van der Waals surface area contributed by atoms with Gasteiger partial charge in [0.05, 0.1) is 0 Å². The van der Waals surface area contributed by atoms with E-state index in [9.17, 15) is 0 Å². The molecule has 0 nitrogen and oxygen atoms in total. The molecule has 12 heavy (non-hydrogen) atoms. The summed E-state index contributed by atoms with van der Waals surface area (Å²) in [6.45, 7) is 8.35. The standard InChI is InChI=1S/2C5H11Cl/c1-3-4-5(2)6;1-3-5(6)4-2/h2*5H,3-4H2,1-2H3. The lowest BCUT2D eigenvalue weighted by molar-refractivity contribution is 0.779. The third kappa shape index (κ3) is 16.9. The lowest BCUT2D eigenvalue weighted by Gasteiger charge is -1.95. The zero-order valence-electron chi connectivity index (χ0n) is 8.74. The van der Waals surface area contributed by atoms with Crippen LogP contribution in [0.4, 0.5) is 0 Å². The predicted octanol–water partition coefficient (Wildman–Crippen LogP) is 4.83. The summed E-state index contributed by atoms with van der Waals surface area (Å²) in [6.07, 6.45) is 4.53. The smallest absolute Gasteiger partial charge is 0.0330 e. The minimum absolute atomic E-state index is 0.370. The van der Waals surface area contributed by atoms with E-state index in [0.29, 0.717) is 10.8 Å². The second-order valence-corrected chi connectivity index (χ2v) is 4.35. The Morgan fingerprint density at radius 1 is 1.00 bits per heavy atom. The van der Waals surface area contributed by atoms with E-state index in [1.54, 1.807) is 0 Å². The molecular formula is C10H22Cl2. The molecule has 0 aromatic heterocycles. The Morgan fingerprint density at radius 3 is 1.42 bits per heavy atom. The first-order valence-electron chi connectivity index (χ1n) is 4.86. The zero-order chi connectivity index (χ0) is 9.98. The maximum atomic E-state index is 5.65. The Balaban J connectivity index is 0. The van der Waals surface area contributed by atoms with E-state index in [1.165, 1.54) is 6.42 Å². The summed E-state index contributed by atoms with van der Waals surface area (Å²) < 4.78 is 0. The van der Waals surface area contributed by atoms with Gasteiger partial charge >= 0.3 is 0 Å². The molecule has 0 fully saturated rings. The van der Waals surface area contributed by atoms with Crippen molar-refractivity contribution in [3.8, 4) is 0 Å². The Kier molecular flexibility index (Phi) is 14.5. The van der Waals surface area contributed by atoms with E-state index in [4.69, 9.17) is 23.2 Å². The van der Waals surface area contributed by atoms with Crippen LogP contribution in [0.2, 0.25) is 0 Å². The SMILES string of the molecule is CCC(Cl)CC.CCCC(C)Cl. The van der Waals surface area contributed by atoms with Crippen molar-refractivity contribution in [3.63, 3.8) is 0 Å². The Labute approximate surface area is 87.6 Å². The molecule has 0 aromatic rings. The summed E-state index contributed by atoms with van der Waals surface area (Å²) in [5.41, 5.74) is 0. The van der Waals surface area contributed by atoms with E-state index in [0.717, 1.165) is 19.3 Å². The summed E-state index contributed by atoms with van der Waals surface area (Å²) in [5, 5.41) is 0.778. The van der Waals surface area contributed by atoms with Gasteiger partial charge in [0.25, 0.3) is 0 Å². The lowest BCUT2D eigenvalue weighted by Crippen LogP contribution is -1.89. The number of hydrogen-bond acceptors (Lipinski definition) is 0. The first-order chi connectivity index (χ1) is 5.58. The maximum Gasteiger partial charge on any atom is 0.0330 e. The van der Waals surface area contributed by atoms with Gasteiger partial charge in [0, 0.05) is 10.8 Å². The van der Waals surface area contributed by atoms with Crippen molar-refractivity contribution in [2.24, 2.45) is 0 Å². The van der Waals surface area contributed by atoms with Crippen LogP contribution in [0.1, 0.15) is 53.4 Å². The summed E-state index contributed by atoms with van der Waals surface area (Å²) >= 11 is 11.2. The molecule has 0 bridgehead atoms. The van der Waals surface area contributed by atoms with Crippen molar-refractivity contribution in [1.82, 2.24) is 0 Å². The van der Waals surface area contributed by atoms with Gasteiger partial charge < -0.3 is 0 Å². The maximum absolute atomic E-state index is 5.65. The fraction of sp³-hybridized carbons (Fsp3) is 1.00. The summed E-state index contributed by atoms with van der Waals surface area (Å²) in [6, 6.07) is 0. The predicted molar refractivity (Wildman–Crippen MR) is 60.4 cm³/mol. The largest absolute Gasteiger partial charge is 0.123 e. The molecule has 0 N–H and O–H groups in total. The highest BCUT2D eigenvalue weighted by molar-refractivity contribution is 6.20. The van der Waals surface area contributed by atoms with Crippen LogP contribution in [0.5, 0.6) is 0 Å². The van der Waals surface area contributed by atoms with E-state index in [-0.39, 0.29) is 0 Å². The fourth-order valence-corrected chi connectivity index (χ4v) is 0.905. The van der Waals surface area contributed by atoms with Crippen LogP contribution in [0.15, 0.2) is 0 Å². The molecular weight excluding hydrogens is 191 g/mol. The van der Waals surface area contributed by atoms with Crippen molar-refractivity contribution in [2.45, 2.75) is 64.1 Å². The second-order valence-electron chi connectivity index (χ2n) is 2.98. The highest BCUT2D eigenvalue weighted by Crippen LogP contribution is 2.03. The van der Waals surface area contributed by atoms with E-state index >= 15 is 0 Å². The zero-order valence-corrected chi connectivity index (χ0v) is 10.3. The van der Waals surface area contributed by atoms with Crippen molar-refractivity contribution in [2.75, 3.05) is 0 Å². The van der Waals surface area contributed by atoms with Crippen molar-refractivity contribution < 1.29 is 0 Å². The average Bonchev–Trinajstić information content (AvgIpc) is 2.04. The molecule has 0 aromatic carbocycles. The minimum Gasteiger partial charge on any atom is -0.123 e. The third-order valence-corrected chi connectivity index (χ3v) is 2.41. The molecule has 1 unspecified atom stereocenters. The quantitative estimate of drug-likeness (QED) is 0.587. The van der Waals surface area contributed by atoms with Crippen molar-refractivity contribution in [3.05, 3.63) is 0 Å². The molecule has 2 heteroatoms. The van der Waals surface area contributed by atoms with Crippen molar-refractivity contribution >= 4 is 23.2 Å². The molecule has 0 aliphatic heterocycles. The van der Waals surface area contributed by atoms with Gasteiger partial charge in [-0.25, -0.2) is 0 Å². The molecule has 0 amide bonds. The second kappa shape index (κ2) is 11.6. The van der Waals surface area contributed by atoms with Crippen LogP contribution >= 0.6 is 23.2 Å². The minimum atomic E-state index is 0.370. The van der Waals surface area contributed by atoms with Crippen LogP contribution in [0.25, 0.3) is 0 Å². The molecule has 0 aliphatic rings. The Morgan fingerprint density at radius 2 is 1.42 bits per heavy atom. The molecule has 76 valence electrons. The first kappa shape index (κ1) is 15.1. The highest BCUT2D eigenvalue weighted by Gasteiger charge is 1.91. The number of rotatable bonds is 4. The monoisotopic (exact) mass is 212 g/mol. The number of halogens is 2.